The van der Waals surface area contributed by atoms with E-state index in [0.717, 1.165) is 6.20 Å². The minimum absolute atomic E-state index is 0.0147. The van der Waals surface area contributed by atoms with Crippen LogP contribution in [0.4, 0.5) is 17.1 Å². The highest BCUT2D eigenvalue weighted by Gasteiger charge is 2.22. The lowest BCUT2D eigenvalue weighted by atomic mass is 10.4. The number of nitrogens with two attached hydrogens (primary N) is 3. The zero-order valence-electron chi connectivity index (χ0n) is 16.5. The molecule has 0 saturated heterocycles. The van der Waals surface area contributed by atoms with Crippen LogP contribution < -0.4 is 33.4 Å². The van der Waals surface area contributed by atoms with Gasteiger partial charge in [0.05, 0.1) is 17.1 Å². The molecule has 180 valence electrons. The fourth-order valence-corrected chi connectivity index (χ4v) is 3.83. The van der Waals surface area contributed by atoms with Crippen molar-refractivity contribution >= 4 is 56.0 Å². The molecule has 0 unspecified atom stereocenters. The van der Waals surface area contributed by atoms with E-state index in [0.29, 0.717) is 0 Å². The van der Waals surface area contributed by atoms with Gasteiger partial charge in [-0.05, 0) is 30.3 Å². The fraction of sp³-hybridized carbons (Fsp3) is 0. The summed E-state index contributed by atoms with van der Waals surface area (Å²) < 4.78 is 31.8. The monoisotopic (exact) mass is 522 g/mol. The van der Waals surface area contributed by atoms with E-state index in [1.165, 1.54) is 48.9 Å². The molecule has 12 N–H and O–H groups in total. The van der Waals surface area contributed by atoms with Crippen LogP contribution in [0.5, 0.6) is 0 Å². The van der Waals surface area contributed by atoms with E-state index in [-0.39, 0.29) is 33.2 Å². The normalized spacial score (nSPS) is 11.5. The van der Waals surface area contributed by atoms with E-state index in [2.05, 4.69) is 15.0 Å². The van der Waals surface area contributed by atoms with Crippen molar-refractivity contribution in [2.45, 2.75) is 0 Å². The van der Waals surface area contributed by atoms with Crippen LogP contribution in [0, 0.1) is 0 Å². The maximum atomic E-state index is 10.6. The smallest absolute Gasteiger partial charge is 0.376 e. The van der Waals surface area contributed by atoms with Crippen molar-refractivity contribution in [1.29, 1.82) is 0 Å². The maximum Gasteiger partial charge on any atom is 0.376 e. The largest absolute Gasteiger partial charge is 0.398 e. The second-order valence-corrected chi connectivity index (χ2v) is 10.5. The van der Waals surface area contributed by atoms with Gasteiger partial charge >= 0.3 is 22.8 Å². The Morgan fingerprint density at radius 3 is 1.27 bits per heavy atom. The van der Waals surface area contributed by atoms with E-state index in [4.69, 9.17) is 46.6 Å². The summed E-state index contributed by atoms with van der Waals surface area (Å²) in [6.45, 7) is 0. The molecule has 18 heteroatoms. The summed E-state index contributed by atoms with van der Waals surface area (Å²) in [6.07, 6.45) is 5.00. The van der Waals surface area contributed by atoms with Gasteiger partial charge in [-0.3, -0.25) is 18.7 Å². The minimum atomic E-state index is -4.29. The molecule has 0 aliphatic rings. The lowest BCUT2D eigenvalue weighted by Crippen LogP contribution is -2.13. The third-order valence-electron chi connectivity index (χ3n) is 3.33. The highest BCUT2D eigenvalue weighted by Crippen LogP contribution is 2.35. The first-order valence-electron chi connectivity index (χ1n) is 8.34. The van der Waals surface area contributed by atoms with Gasteiger partial charge in [-0.2, -0.15) is 0 Å². The first-order chi connectivity index (χ1) is 15.0. The second-order valence-electron chi connectivity index (χ2n) is 5.90. The first-order valence-corrected chi connectivity index (χ1v) is 13.2. The number of hydrogen-bond acceptors (Lipinski definition) is 9. The Labute approximate surface area is 186 Å². The van der Waals surface area contributed by atoms with Crippen molar-refractivity contribution in [3.05, 3.63) is 55.1 Å². The van der Waals surface area contributed by atoms with Crippen molar-refractivity contribution in [2.24, 2.45) is 0 Å². The molecule has 0 amide bonds. The van der Waals surface area contributed by atoms with Gasteiger partial charge < -0.3 is 46.6 Å². The molecule has 0 atom stereocenters. The van der Waals surface area contributed by atoms with Gasteiger partial charge in [0.2, 0.25) is 0 Å². The second kappa shape index (κ2) is 11.4. The van der Waals surface area contributed by atoms with Crippen LogP contribution in [-0.2, 0) is 13.7 Å². The lowest BCUT2D eigenvalue weighted by molar-refractivity contribution is 0.384. The van der Waals surface area contributed by atoms with Gasteiger partial charge in [0.1, 0.15) is 5.30 Å². The molecule has 0 aliphatic heterocycles. The molecule has 0 aliphatic carbocycles. The Morgan fingerprint density at radius 1 is 0.606 bits per heavy atom. The van der Waals surface area contributed by atoms with Crippen molar-refractivity contribution in [3.8, 4) is 0 Å². The number of aromatic nitrogens is 3. The molecule has 3 heterocycles. The van der Waals surface area contributed by atoms with E-state index in [1.807, 2.05) is 0 Å². The van der Waals surface area contributed by atoms with E-state index < -0.39 is 22.8 Å². The molecule has 15 nitrogen and oxygen atoms in total. The van der Waals surface area contributed by atoms with Crippen LogP contribution in [0.15, 0.2) is 55.1 Å². The predicted molar refractivity (Wildman–Crippen MR) is 121 cm³/mol. The maximum absolute atomic E-state index is 10.6. The van der Waals surface area contributed by atoms with E-state index in [1.54, 1.807) is 0 Å². The number of nitrogens with zero attached hydrogens (tertiary/aromatic N) is 3. The molecule has 3 rings (SSSR count). The fourth-order valence-electron chi connectivity index (χ4n) is 1.95. The topological polar surface area (TPSA) is 289 Å². The molecule has 0 aromatic carbocycles. The average Bonchev–Trinajstić information content (AvgIpc) is 2.67. The number of hydrogen-bond donors (Lipinski definition) is 9. The number of anilines is 3. The first kappa shape index (κ1) is 28.3. The molecule has 0 spiro atoms. The zero-order valence-corrected chi connectivity index (χ0v) is 19.2. The van der Waals surface area contributed by atoms with E-state index >= 15 is 0 Å². The molecule has 0 saturated carbocycles. The van der Waals surface area contributed by atoms with Crippen LogP contribution >= 0.6 is 22.8 Å². The Balaban J connectivity index is 0.000000247. The summed E-state index contributed by atoms with van der Waals surface area (Å²) >= 11 is 0. The number of nitrogen functional groups attached to an aromatic ring is 3. The molecule has 0 radical (unpaired) electrons. The average molecular weight is 522 g/mol. The standard InChI is InChI=1S/3C5H7N2O3P/c6-4-1-2-7-3-5(4)11(8,9)10;2*6-4-2-1-3-7-5(4)11(8,9)10/h1-3H,(H2,6,7)(H2,8,9,10);2*1-3H,6H2,(H2,8,9,10). The molecule has 3 aromatic rings. The van der Waals surface area contributed by atoms with Crippen molar-refractivity contribution in [2.75, 3.05) is 17.2 Å². The van der Waals surface area contributed by atoms with Crippen LogP contribution in [-0.4, -0.2) is 44.3 Å². The lowest BCUT2D eigenvalue weighted by Gasteiger charge is -2.04. The summed E-state index contributed by atoms with van der Waals surface area (Å²) in [7, 11) is -12.8. The summed E-state index contributed by atoms with van der Waals surface area (Å²) in [6, 6.07) is 7.14. The molecular weight excluding hydrogens is 501 g/mol. The minimum Gasteiger partial charge on any atom is -0.398 e. The Kier molecular flexibility index (Phi) is 9.82. The quantitative estimate of drug-likeness (QED) is 0.175. The molecule has 0 fully saturated rings. The Bertz CT molecular complexity index is 1080. The van der Waals surface area contributed by atoms with Crippen molar-refractivity contribution in [3.63, 3.8) is 0 Å². The molecule has 3 aromatic heterocycles. The van der Waals surface area contributed by atoms with Gasteiger partial charge in [-0.25, -0.2) is 9.97 Å². The van der Waals surface area contributed by atoms with Gasteiger partial charge in [0.25, 0.3) is 0 Å². The number of rotatable bonds is 3. The van der Waals surface area contributed by atoms with Gasteiger partial charge in [-0.15, -0.1) is 0 Å². The molecule has 0 bridgehead atoms. The Hall–Kier alpha value is -2.70. The zero-order chi connectivity index (χ0) is 25.4. The van der Waals surface area contributed by atoms with Crippen LogP contribution in [0.25, 0.3) is 0 Å². The van der Waals surface area contributed by atoms with Crippen molar-refractivity contribution < 1.29 is 43.1 Å². The van der Waals surface area contributed by atoms with Crippen LogP contribution in [0.2, 0.25) is 0 Å². The highest BCUT2D eigenvalue weighted by atomic mass is 31.2. The van der Waals surface area contributed by atoms with Gasteiger partial charge in [0, 0.05) is 24.8 Å². The SMILES string of the molecule is Nc1cccnc1P(=O)(O)O.Nc1cccnc1P(=O)(O)O.Nc1ccncc1P(=O)(O)O. The summed E-state index contributed by atoms with van der Waals surface area (Å²) in [5.74, 6) is 0. The summed E-state index contributed by atoms with van der Waals surface area (Å²) in [5, 5.41) is -0.222. The van der Waals surface area contributed by atoms with Crippen LogP contribution in [0.3, 0.4) is 0 Å². The van der Waals surface area contributed by atoms with Gasteiger partial charge in [-0.1, -0.05) is 0 Å². The van der Waals surface area contributed by atoms with Gasteiger partial charge in [0.15, 0.2) is 10.9 Å². The Morgan fingerprint density at radius 2 is 1.03 bits per heavy atom. The summed E-state index contributed by atoms with van der Waals surface area (Å²) in [4.78, 5) is 62.3. The third-order valence-corrected chi connectivity index (χ3v) is 6.18. The molecular formula is C15H21N6O9P3. The summed E-state index contributed by atoms with van der Waals surface area (Å²) in [5.41, 5.74) is 15.1. The molecule has 33 heavy (non-hydrogen) atoms. The highest BCUT2D eigenvalue weighted by molar-refractivity contribution is 7.61. The van der Waals surface area contributed by atoms with E-state index in [9.17, 15) is 13.7 Å². The number of pyridine rings is 3. The third kappa shape index (κ3) is 9.36. The predicted octanol–water partition coefficient (Wildman–Crippen LogP) is -1.60. The van der Waals surface area contributed by atoms with Crippen molar-refractivity contribution in [1.82, 2.24) is 15.0 Å². The van der Waals surface area contributed by atoms with Crippen LogP contribution in [0.1, 0.15) is 0 Å².